The van der Waals surface area contributed by atoms with E-state index in [1.54, 1.807) is 0 Å². The summed E-state index contributed by atoms with van der Waals surface area (Å²) in [7, 11) is -5.95. The first-order valence-corrected chi connectivity index (χ1v) is 8.89. The molecule has 146 valence electrons. The maximum absolute atomic E-state index is 12.5. The number of rotatable bonds is 4. The maximum Gasteiger partial charge on any atom is 0.534 e. The van der Waals surface area contributed by atoms with Crippen molar-refractivity contribution in [1.82, 2.24) is 0 Å². The Morgan fingerprint density at radius 2 is 1.67 bits per heavy atom. The highest BCUT2D eigenvalue weighted by molar-refractivity contribution is 7.88. The fourth-order valence-corrected chi connectivity index (χ4v) is 4.26. The van der Waals surface area contributed by atoms with Gasteiger partial charge in [-0.2, -0.15) is 21.6 Å². The monoisotopic (exact) mass is 408 g/mol. The molecule has 8 nitrogen and oxygen atoms in total. The SMILES string of the molecule is O=C1CC2c3ccc(OS(=O)(=O)C(F)(F)F)cc3C1C(C(=O)O)C2C(=O)O. The fourth-order valence-electron chi connectivity index (χ4n) is 3.81. The number of carboxylic acids is 2. The van der Waals surface area contributed by atoms with Gasteiger partial charge in [-0.25, -0.2) is 0 Å². The number of carboxylic acid groups (broad SMARTS) is 2. The number of ketones is 1. The summed E-state index contributed by atoms with van der Waals surface area (Å²) in [4.78, 5) is 35.4. The summed E-state index contributed by atoms with van der Waals surface area (Å²) in [6.07, 6.45) is -0.223. The Hall–Kier alpha value is -2.63. The molecular formula is C15H11F3O8S. The van der Waals surface area contributed by atoms with E-state index in [9.17, 15) is 46.2 Å². The van der Waals surface area contributed by atoms with Crippen molar-refractivity contribution in [1.29, 1.82) is 0 Å². The third-order valence-electron chi connectivity index (χ3n) is 4.80. The summed E-state index contributed by atoms with van der Waals surface area (Å²) in [5.41, 5.74) is -5.42. The normalized spacial score (nSPS) is 27.1. The van der Waals surface area contributed by atoms with E-state index < -0.39 is 62.8 Å². The second-order valence-electron chi connectivity index (χ2n) is 6.26. The molecule has 0 radical (unpaired) electrons. The molecule has 27 heavy (non-hydrogen) atoms. The molecule has 0 aromatic heterocycles. The molecule has 0 amide bonds. The minimum atomic E-state index is -5.95. The minimum Gasteiger partial charge on any atom is -0.481 e. The Morgan fingerprint density at radius 1 is 1.07 bits per heavy atom. The van der Waals surface area contributed by atoms with Crippen LogP contribution in [0.5, 0.6) is 5.75 Å². The van der Waals surface area contributed by atoms with Crippen LogP contribution in [0.25, 0.3) is 0 Å². The van der Waals surface area contributed by atoms with Crippen LogP contribution in [0, 0.1) is 11.8 Å². The molecule has 0 aliphatic heterocycles. The lowest BCUT2D eigenvalue weighted by atomic mass is 9.55. The van der Waals surface area contributed by atoms with Crippen LogP contribution in [0.3, 0.4) is 0 Å². The number of hydrogen-bond acceptors (Lipinski definition) is 6. The summed E-state index contributed by atoms with van der Waals surface area (Å²) in [6.45, 7) is 0. The van der Waals surface area contributed by atoms with Crippen molar-refractivity contribution in [2.75, 3.05) is 0 Å². The van der Waals surface area contributed by atoms with Gasteiger partial charge >= 0.3 is 27.6 Å². The van der Waals surface area contributed by atoms with Crippen LogP contribution in [0.4, 0.5) is 13.2 Å². The van der Waals surface area contributed by atoms with Gasteiger partial charge in [0, 0.05) is 12.3 Å². The number of hydrogen-bond donors (Lipinski definition) is 2. The first kappa shape index (κ1) is 19.1. The smallest absolute Gasteiger partial charge is 0.481 e. The predicted octanol–water partition coefficient (Wildman–Crippen LogP) is 1.47. The Morgan fingerprint density at radius 3 is 2.19 bits per heavy atom. The zero-order chi connectivity index (χ0) is 20.3. The van der Waals surface area contributed by atoms with Crippen LogP contribution in [0.15, 0.2) is 18.2 Å². The van der Waals surface area contributed by atoms with Crippen LogP contribution in [-0.4, -0.2) is 41.9 Å². The standard InChI is InChI=1S/C15H11F3O8S/c16-15(17,18)27(24,25)26-5-1-2-6-7(3-5)10-9(19)4-8(6)11(13(20)21)12(10)14(22)23/h1-3,8,10-12H,4H2,(H,20,21)(H,22,23). The highest BCUT2D eigenvalue weighted by Crippen LogP contribution is 2.54. The van der Waals surface area contributed by atoms with Gasteiger partial charge in [0.2, 0.25) is 0 Å². The fraction of sp³-hybridized carbons (Fsp3) is 0.400. The average Bonchev–Trinajstić information content (AvgIpc) is 2.52. The minimum absolute atomic E-state index is 0.0315. The van der Waals surface area contributed by atoms with Gasteiger partial charge in [-0.15, -0.1) is 0 Å². The predicted molar refractivity (Wildman–Crippen MR) is 79.4 cm³/mol. The Bertz CT molecular complexity index is 952. The van der Waals surface area contributed by atoms with Gasteiger partial charge in [-0.1, -0.05) is 6.07 Å². The van der Waals surface area contributed by atoms with Gasteiger partial charge in [0.1, 0.15) is 11.5 Å². The van der Waals surface area contributed by atoms with Gasteiger partial charge < -0.3 is 14.4 Å². The van der Waals surface area contributed by atoms with E-state index in [2.05, 4.69) is 4.18 Å². The summed E-state index contributed by atoms with van der Waals surface area (Å²) in [6, 6.07) is 2.91. The van der Waals surface area contributed by atoms with E-state index in [-0.39, 0.29) is 17.5 Å². The van der Waals surface area contributed by atoms with E-state index in [0.29, 0.717) is 0 Å². The molecule has 12 heteroatoms. The van der Waals surface area contributed by atoms with Crippen LogP contribution >= 0.6 is 0 Å². The largest absolute Gasteiger partial charge is 0.534 e. The Balaban J connectivity index is 2.10. The molecule has 4 rings (SSSR count). The molecule has 1 aromatic rings. The molecule has 0 saturated heterocycles. The van der Waals surface area contributed by atoms with Gasteiger partial charge in [-0.3, -0.25) is 14.4 Å². The number of benzene rings is 1. The highest BCUT2D eigenvalue weighted by Gasteiger charge is 2.57. The number of fused-ring (bicyclic) bond motifs is 2. The molecule has 1 aromatic carbocycles. The summed E-state index contributed by atoms with van der Waals surface area (Å²) in [5, 5.41) is 18.8. The summed E-state index contributed by atoms with van der Waals surface area (Å²) >= 11 is 0. The molecule has 0 heterocycles. The average molecular weight is 408 g/mol. The van der Waals surface area contributed by atoms with E-state index >= 15 is 0 Å². The Kier molecular flexibility index (Phi) is 4.21. The van der Waals surface area contributed by atoms with E-state index in [1.807, 2.05) is 0 Å². The van der Waals surface area contributed by atoms with Crippen molar-refractivity contribution in [3.63, 3.8) is 0 Å². The molecular weight excluding hydrogens is 397 g/mol. The molecule has 1 fully saturated rings. The topological polar surface area (TPSA) is 135 Å². The highest BCUT2D eigenvalue weighted by atomic mass is 32.2. The second-order valence-corrected chi connectivity index (χ2v) is 7.79. The van der Waals surface area contributed by atoms with Crippen LogP contribution in [0.1, 0.15) is 29.4 Å². The molecule has 1 saturated carbocycles. The van der Waals surface area contributed by atoms with Crippen molar-refractivity contribution < 1.29 is 50.4 Å². The van der Waals surface area contributed by atoms with E-state index in [4.69, 9.17) is 0 Å². The quantitative estimate of drug-likeness (QED) is 0.565. The lowest BCUT2D eigenvalue weighted by Gasteiger charge is -2.45. The van der Waals surface area contributed by atoms with Crippen LogP contribution in [-0.2, 0) is 24.5 Å². The molecule has 3 aliphatic carbocycles. The molecule has 4 atom stereocenters. The number of halogens is 3. The van der Waals surface area contributed by atoms with Crippen molar-refractivity contribution in [3.8, 4) is 5.75 Å². The lowest BCUT2D eigenvalue weighted by Crippen LogP contribution is -2.49. The van der Waals surface area contributed by atoms with Crippen molar-refractivity contribution in [3.05, 3.63) is 29.3 Å². The van der Waals surface area contributed by atoms with Crippen molar-refractivity contribution >= 4 is 27.8 Å². The molecule has 0 spiro atoms. The first-order valence-electron chi connectivity index (χ1n) is 7.48. The van der Waals surface area contributed by atoms with Crippen LogP contribution in [0.2, 0.25) is 0 Å². The third-order valence-corrected chi connectivity index (χ3v) is 5.78. The summed E-state index contributed by atoms with van der Waals surface area (Å²) < 4.78 is 63.7. The number of aliphatic carboxylic acids is 2. The van der Waals surface area contributed by atoms with E-state index in [0.717, 1.165) is 18.2 Å². The van der Waals surface area contributed by atoms with Gasteiger partial charge in [0.25, 0.3) is 0 Å². The Labute approximate surface area is 149 Å². The van der Waals surface area contributed by atoms with E-state index in [1.165, 1.54) is 0 Å². The molecule has 4 unspecified atom stereocenters. The molecule has 2 bridgehead atoms. The van der Waals surface area contributed by atoms with Crippen LogP contribution < -0.4 is 4.18 Å². The zero-order valence-electron chi connectivity index (χ0n) is 13.1. The summed E-state index contributed by atoms with van der Waals surface area (Å²) in [5.74, 6) is -9.67. The number of Topliss-reactive ketones (excluding diaryl/α,β-unsaturated/α-hetero) is 1. The number of alkyl halides is 3. The third kappa shape index (κ3) is 2.93. The maximum atomic E-state index is 12.5. The van der Waals surface area contributed by atoms with Gasteiger partial charge in [0.15, 0.2) is 0 Å². The first-order chi connectivity index (χ1) is 12.3. The zero-order valence-corrected chi connectivity index (χ0v) is 14.0. The lowest BCUT2D eigenvalue weighted by molar-refractivity contribution is -0.160. The van der Waals surface area contributed by atoms with Crippen molar-refractivity contribution in [2.45, 2.75) is 23.8 Å². The number of carbonyl (C=O) groups excluding carboxylic acids is 1. The number of carbonyl (C=O) groups is 3. The molecule has 2 N–H and O–H groups in total. The van der Waals surface area contributed by atoms with Gasteiger partial charge in [-0.05, 0) is 23.3 Å². The molecule has 3 aliphatic rings. The second kappa shape index (κ2) is 5.94. The van der Waals surface area contributed by atoms with Crippen molar-refractivity contribution in [2.24, 2.45) is 11.8 Å². The van der Waals surface area contributed by atoms with Gasteiger partial charge in [0.05, 0.1) is 17.8 Å².